The maximum absolute atomic E-state index is 13.5. The molecule has 0 aromatic heterocycles. The molecule has 1 aliphatic carbocycles. The first-order valence-electron chi connectivity index (χ1n) is 6.14. The quantitative estimate of drug-likeness (QED) is 0.889. The van der Waals surface area contributed by atoms with Gasteiger partial charge in [-0.05, 0) is 18.4 Å². The van der Waals surface area contributed by atoms with Gasteiger partial charge in [-0.2, -0.15) is 0 Å². The predicted molar refractivity (Wildman–Crippen MR) is 63.8 cm³/mol. The molecule has 2 nitrogen and oxygen atoms in total. The van der Waals surface area contributed by atoms with Crippen LogP contribution in [0.3, 0.4) is 0 Å². The van der Waals surface area contributed by atoms with Crippen LogP contribution >= 0.6 is 0 Å². The Morgan fingerprint density at radius 3 is 2.22 bits per heavy atom. The van der Waals surface area contributed by atoms with Crippen LogP contribution in [0.1, 0.15) is 43.7 Å². The zero-order valence-electron chi connectivity index (χ0n) is 10.2. The van der Waals surface area contributed by atoms with Crippen LogP contribution in [0.5, 0.6) is 0 Å². The van der Waals surface area contributed by atoms with Crippen LogP contribution < -0.4 is 0 Å². The minimum Gasteiger partial charge on any atom is -0.481 e. The molecule has 98 valence electrons. The molecule has 18 heavy (non-hydrogen) atoms. The molecule has 1 fully saturated rings. The van der Waals surface area contributed by atoms with Crippen LogP contribution in [0.4, 0.5) is 8.78 Å². The topological polar surface area (TPSA) is 37.3 Å². The second kappa shape index (κ2) is 4.34. The average molecular weight is 254 g/mol. The van der Waals surface area contributed by atoms with Crippen molar-refractivity contribution in [2.24, 2.45) is 0 Å². The lowest BCUT2D eigenvalue weighted by Crippen LogP contribution is -2.42. The number of benzene rings is 1. The summed E-state index contributed by atoms with van der Waals surface area (Å²) in [5.41, 5.74) is -0.259. The lowest BCUT2D eigenvalue weighted by atomic mass is 9.64. The standard InChI is InChI=1S/C14H16F2O2/c1-2-14(15,16)11-6-4-10(5-7-11)13(12(17)18)8-3-9-13/h4-7H,2-3,8-9H2,1H3,(H,17,18). The molecular formula is C14H16F2O2. The third-order valence-electron chi connectivity index (χ3n) is 3.92. The molecule has 0 atom stereocenters. The number of rotatable bonds is 4. The molecule has 1 N–H and O–H groups in total. The van der Waals surface area contributed by atoms with Gasteiger partial charge in [-0.15, -0.1) is 0 Å². The first-order chi connectivity index (χ1) is 8.42. The van der Waals surface area contributed by atoms with E-state index in [1.165, 1.54) is 31.2 Å². The molecule has 2 rings (SSSR count). The molecule has 0 unspecified atom stereocenters. The summed E-state index contributed by atoms with van der Waals surface area (Å²) in [6.45, 7) is 1.43. The van der Waals surface area contributed by atoms with Crippen LogP contribution in [-0.4, -0.2) is 11.1 Å². The maximum atomic E-state index is 13.5. The summed E-state index contributed by atoms with van der Waals surface area (Å²) in [6, 6.07) is 5.77. The van der Waals surface area contributed by atoms with Crippen LogP contribution in [0.2, 0.25) is 0 Å². The number of halogens is 2. The Balaban J connectivity index is 2.31. The van der Waals surface area contributed by atoms with Crippen LogP contribution in [0.15, 0.2) is 24.3 Å². The Morgan fingerprint density at radius 1 is 1.33 bits per heavy atom. The smallest absolute Gasteiger partial charge is 0.314 e. The van der Waals surface area contributed by atoms with E-state index in [2.05, 4.69) is 0 Å². The van der Waals surface area contributed by atoms with Gasteiger partial charge >= 0.3 is 5.97 Å². The lowest BCUT2D eigenvalue weighted by Gasteiger charge is -2.38. The molecule has 1 aliphatic rings. The third kappa shape index (κ3) is 1.89. The number of aliphatic carboxylic acids is 1. The molecule has 0 bridgehead atoms. The summed E-state index contributed by atoms with van der Waals surface area (Å²) in [4.78, 5) is 11.3. The van der Waals surface area contributed by atoms with Crippen molar-refractivity contribution in [1.29, 1.82) is 0 Å². The average Bonchev–Trinajstić information content (AvgIpc) is 2.28. The monoisotopic (exact) mass is 254 g/mol. The zero-order chi connectivity index (χ0) is 13.4. The van der Waals surface area contributed by atoms with E-state index in [9.17, 15) is 18.7 Å². The molecule has 0 amide bonds. The van der Waals surface area contributed by atoms with E-state index in [-0.39, 0.29) is 12.0 Å². The van der Waals surface area contributed by atoms with E-state index in [0.29, 0.717) is 18.4 Å². The number of hydrogen-bond donors (Lipinski definition) is 1. The Morgan fingerprint density at radius 2 is 1.89 bits per heavy atom. The van der Waals surface area contributed by atoms with Crippen molar-refractivity contribution in [3.05, 3.63) is 35.4 Å². The lowest BCUT2D eigenvalue weighted by molar-refractivity contribution is -0.147. The van der Waals surface area contributed by atoms with E-state index < -0.39 is 17.3 Å². The second-order valence-corrected chi connectivity index (χ2v) is 4.88. The number of hydrogen-bond acceptors (Lipinski definition) is 1. The molecular weight excluding hydrogens is 238 g/mol. The summed E-state index contributed by atoms with van der Waals surface area (Å²) in [6.07, 6.45) is 1.80. The molecule has 1 aromatic carbocycles. The van der Waals surface area contributed by atoms with Gasteiger partial charge in [-0.3, -0.25) is 4.79 Å². The van der Waals surface area contributed by atoms with E-state index in [1.54, 1.807) is 0 Å². The van der Waals surface area contributed by atoms with Gasteiger partial charge in [0.2, 0.25) is 0 Å². The highest BCUT2D eigenvalue weighted by molar-refractivity contribution is 5.82. The molecule has 0 radical (unpaired) electrons. The molecule has 0 saturated heterocycles. The van der Waals surface area contributed by atoms with Gasteiger partial charge in [0.25, 0.3) is 5.92 Å². The van der Waals surface area contributed by atoms with Gasteiger partial charge in [0.15, 0.2) is 0 Å². The highest BCUT2D eigenvalue weighted by atomic mass is 19.3. The SMILES string of the molecule is CCC(F)(F)c1ccc(C2(C(=O)O)CCC2)cc1. The molecule has 0 spiro atoms. The van der Waals surface area contributed by atoms with Gasteiger partial charge in [-0.25, -0.2) is 8.78 Å². The zero-order valence-corrected chi connectivity index (χ0v) is 10.2. The molecule has 4 heteroatoms. The maximum Gasteiger partial charge on any atom is 0.314 e. The summed E-state index contributed by atoms with van der Waals surface area (Å²) in [5, 5.41) is 9.26. The first-order valence-corrected chi connectivity index (χ1v) is 6.14. The minimum atomic E-state index is -2.84. The van der Waals surface area contributed by atoms with E-state index >= 15 is 0 Å². The van der Waals surface area contributed by atoms with Crippen molar-refractivity contribution < 1.29 is 18.7 Å². The van der Waals surface area contributed by atoms with E-state index in [4.69, 9.17) is 0 Å². The third-order valence-corrected chi connectivity index (χ3v) is 3.92. The largest absolute Gasteiger partial charge is 0.481 e. The fourth-order valence-electron chi connectivity index (χ4n) is 2.39. The van der Waals surface area contributed by atoms with Crippen molar-refractivity contribution in [1.82, 2.24) is 0 Å². The van der Waals surface area contributed by atoms with Gasteiger partial charge in [0, 0.05) is 12.0 Å². The fourth-order valence-corrected chi connectivity index (χ4v) is 2.39. The summed E-state index contributed by atoms with van der Waals surface area (Å²) >= 11 is 0. The molecule has 0 aliphatic heterocycles. The highest BCUT2D eigenvalue weighted by Crippen LogP contribution is 2.44. The van der Waals surface area contributed by atoms with Crippen molar-refractivity contribution in [2.45, 2.75) is 43.9 Å². The Hall–Kier alpha value is -1.45. The van der Waals surface area contributed by atoms with Gasteiger partial charge in [0.1, 0.15) is 0 Å². The number of carboxylic acid groups (broad SMARTS) is 1. The van der Waals surface area contributed by atoms with Crippen LogP contribution in [0, 0.1) is 0 Å². The van der Waals surface area contributed by atoms with Crippen molar-refractivity contribution in [3.8, 4) is 0 Å². The number of carbonyl (C=O) groups is 1. The highest BCUT2D eigenvalue weighted by Gasteiger charge is 2.46. The molecule has 0 heterocycles. The Kier molecular flexibility index (Phi) is 3.13. The summed E-state index contributed by atoms with van der Waals surface area (Å²) in [5.74, 6) is -3.70. The minimum absolute atomic E-state index is 0.0476. The van der Waals surface area contributed by atoms with Crippen molar-refractivity contribution >= 4 is 5.97 Å². The fraction of sp³-hybridized carbons (Fsp3) is 0.500. The summed E-state index contributed by atoms with van der Waals surface area (Å²) < 4.78 is 26.9. The van der Waals surface area contributed by atoms with E-state index in [1.807, 2.05) is 0 Å². The van der Waals surface area contributed by atoms with Gasteiger partial charge < -0.3 is 5.11 Å². The van der Waals surface area contributed by atoms with Gasteiger partial charge in [0.05, 0.1) is 5.41 Å². The van der Waals surface area contributed by atoms with Crippen LogP contribution in [-0.2, 0) is 16.1 Å². The second-order valence-electron chi connectivity index (χ2n) is 4.88. The van der Waals surface area contributed by atoms with Crippen molar-refractivity contribution in [3.63, 3.8) is 0 Å². The number of alkyl halides is 2. The van der Waals surface area contributed by atoms with Gasteiger partial charge in [-0.1, -0.05) is 37.6 Å². The normalized spacial score (nSPS) is 18.2. The van der Waals surface area contributed by atoms with E-state index in [0.717, 1.165) is 6.42 Å². The molecule has 1 saturated carbocycles. The Labute approximate surface area is 105 Å². The van der Waals surface area contributed by atoms with Crippen molar-refractivity contribution in [2.75, 3.05) is 0 Å². The predicted octanol–water partition coefficient (Wildman–Crippen LogP) is 3.69. The number of carboxylic acids is 1. The Bertz CT molecular complexity index is 447. The summed E-state index contributed by atoms with van der Waals surface area (Å²) in [7, 11) is 0. The first kappa shape index (κ1) is 13.0. The molecule has 1 aromatic rings. The van der Waals surface area contributed by atoms with Crippen LogP contribution in [0.25, 0.3) is 0 Å².